The zero-order chi connectivity index (χ0) is 13.5. The van der Waals surface area contributed by atoms with Crippen molar-refractivity contribution in [3.05, 3.63) is 29.6 Å². The highest BCUT2D eigenvalue weighted by molar-refractivity contribution is 5.81. The molecule has 1 aromatic carbocycles. The van der Waals surface area contributed by atoms with Gasteiger partial charge in [0.25, 0.3) is 0 Å². The molecular formula is C12H17FN2O3. The van der Waals surface area contributed by atoms with E-state index >= 15 is 0 Å². The molecule has 1 amide bonds. The number of hydrogen-bond acceptors (Lipinski definition) is 4. The molecule has 0 aliphatic rings. The maximum Gasteiger partial charge on any atom is 0.239 e. The first kappa shape index (κ1) is 14.4. The summed E-state index contributed by atoms with van der Waals surface area (Å²) in [6, 6.07) is 3.27. The van der Waals surface area contributed by atoms with Crippen molar-refractivity contribution >= 4 is 5.91 Å². The van der Waals surface area contributed by atoms with Gasteiger partial charge in [0.15, 0.2) is 0 Å². The summed E-state index contributed by atoms with van der Waals surface area (Å²) in [6.07, 6.45) is 0.421. The highest BCUT2D eigenvalue weighted by atomic mass is 19.1. The van der Waals surface area contributed by atoms with Crippen LogP contribution in [0.25, 0.3) is 0 Å². The largest absolute Gasteiger partial charge is 0.496 e. The summed E-state index contributed by atoms with van der Waals surface area (Å²) in [5.41, 5.74) is 5.99. The highest BCUT2D eigenvalue weighted by Gasteiger charge is 2.11. The Balaban J connectivity index is 2.53. The average molecular weight is 256 g/mol. The number of carbonyl (C=O) groups excluding carboxylic acids is 1. The molecule has 1 unspecified atom stereocenters. The van der Waals surface area contributed by atoms with Gasteiger partial charge in [0, 0.05) is 6.54 Å². The van der Waals surface area contributed by atoms with E-state index in [0.717, 1.165) is 0 Å². The monoisotopic (exact) mass is 256 g/mol. The quantitative estimate of drug-likeness (QED) is 0.659. The second-order valence-electron chi connectivity index (χ2n) is 3.79. The fraction of sp³-hybridized carbons (Fsp3) is 0.417. The fourth-order valence-corrected chi connectivity index (χ4v) is 1.48. The zero-order valence-corrected chi connectivity index (χ0v) is 10.1. The molecule has 4 N–H and O–H groups in total. The third-order valence-electron chi connectivity index (χ3n) is 2.47. The lowest BCUT2D eigenvalue weighted by molar-refractivity contribution is -0.123. The van der Waals surface area contributed by atoms with Gasteiger partial charge in [-0.15, -0.1) is 0 Å². The number of aliphatic hydroxyl groups is 1. The summed E-state index contributed by atoms with van der Waals surface area (Å²) < 4.78 is 18.1. The van der Waals surface area contributed by atoms with Gasteiger partial charge >= 0.3 is 0 Å². The molecule has 0 fully saturated rings. The molecule has 0 saturated heterocycles. The van der Waals surface area contributed by atoms with E-state index in [-0.39, 0.29) is 5.82 Å². The number of methoxy groups -OCH3 is 1. The molecule has 5 nitrogen and oxygen atoms in total. The van der Waals surface area contributed by atoms with Crippen LogP contribution in [0.4, 0.5) is 4.39 Å². The van der Waals surface area contributed by atoms with Gasteiger partial charge in [0.2, 0.25) is 5.91 Å². The van der Waals surface area contributed by atoms with Crippen molar-refractivity contribution in [3.63, 3.8) is 0 Å². The fourth-order valence-electron chi connectivity index (χ4n) is 1.48. The van der Waals surface area contributed by atoms with E-state index < -0.39 is 18.6 Å². The summed E-state index contributed by atoms with van der Waals surface area (Å²) in [6.45, 7) is -0.110. The van der Waals surface area contributed by atoms with Crippen LogP contribution in [-0.2, 0) is 11.2 Å². The van der Waals surface area contributed by atoms with Crippen LogP contribution in [0.15, 0.2) is 18.2 Å². The maximum atomic E-state index is 13.1. The molecule has 0 saturated carbocycles. The van der Waals surface area contributed by atoms with Crippen LogP contribution in [0.1, 0.15) is 5.56 Å². The van der Waals surface area contributed by atoms with Crippen LogP contribution in [-0.4, -0.2) is 37.3 Å². The number of hydrogen-bond donors (Lipinski definition) is 3. The minimum Gasteiger partial charge on any atom is -0.496 e. The van der Waals surface area contributed by atoms with Crippen molar-refractivity contribution in [1.82, 2.24) is 5.32 Å². The van der Waals surface area contributed by atoms with Crippen LogP contribution in [0.5, 0.6) is 5.75 Å². The Bertz CT molecular complexity index is 412. The molecule has 100 valence electrons. The smallest absolute Gasteiger partial charge is 0.239 e. The number of benzene rings is 1. The summed E-state index contributed by atoms with van der Waals surface area (Å²) >= 11 is 0. The Labute approximate surface area is 105 Å². The van der Waals surface area contributed by atoms with E-state index in [1.807, 2.05) is 0 Å². The van der Waals surface area contributed by atoms with Crippen molar-refractivity contribution in [3.8, 4) is 5.75 Å². The molecule has 0 radical (unpaired) electrons. The second kappa shape index (κ2) is 6.93. The summed E-state index contributed by atoms with van der Waals surface area (Å²) in [5.74, 6) is -0.228. The third-order valence-corrected chi connectivity index (χ3v) is 2.47. The predicted octanol–water partition coefficient (Wildman–Crippen LogP) is -0.187. The van der Waals surface area contributed by atoms with Crippen molar-refractivity contribution in [2.45, 2.75) is 12.5 Å². The first-order valence-electron chi connectivity index (χ1n) is 5.55. The van der Waals surface area contributed by atoms with Gasteiger partial charge in [-0.05, 0) is 30.2 Å². The van der Waals surface area contributed by atoms with Crippen LogP contribution in [0.3, 0.4) is 0 Å². The number of carbonyl (C=O) groups is 1. The van der Waals surface area contributed by atoms with E-state index in [4.69, 9.17) is 15.6 Å². The summed E-state index contributed by atoms with van der Waals surface area (Å²) in [7, 11) is 1.50. The van der Waals surface area contributed by atoms with Gasteiger partial charge in [-0.3, -0.25) is 4.79 Å². The molecule has 0 aliphatic heterocycles. The lowest BCUT2D eigenvalue weighted by Crippen LogP contribution is -2.43. The Morgan fingerprint density at radius 1 is 1.61 bits per heavy atom. The molecule has 0 bridgehead atoms. The number of ether oxygens (including phenoxy) is 1. The molecule has 18 heavy (non-hydrogen) atoms. The molecule has 6 heteroatoms. The Morgan fingerprint density at radius 3 is 2.94 bits per heavy atom. The number of halogens is 1. The van der Waals surface area contributed by atoms with Crippen LogP contribution in [0.2, 0.25) is 0 Å². The summed E-state index contributed by atoms with van der Waals surface area (Å²) in [5, 5.41) is 11.2. The normalized spacial score (nSPS) is 12.0. The van der Waals surface area contributed by atoms with Gasteiger partial charge in [0.05, 0.1) is 13.7 Å². The topological polar surface area (TPSA) is 84.6 Å². The average Bonchev–Trinajstić information content (AvgIpc) is 2.38. The molecule has 1 rings (SSSR count). The minimum absolute atomic E-state index is 0.298. The molecule has 0 spiro atoms. The first-order valence-corrected chi connectivity index (χ1v) is 5.55. The number of nitrogens with two attached hydrogens (primary N) is 1. The second-order valence-corrected chi connectivity index (χ2v) is 3.79. The standard InChI is InChI=1S/C12H17FN2O3/c1-18-11-3-2-9(13)6-8(11)4-5-15-12(17)10(14)7-16/h2-3,6,10,16H,4-5,7,14H2,1H3,(H,15,17). The molecule has 0 aliphatic carbocycles. The van der Waals surface area contributed by atoms with Gasteiger partial charge in [-0.1, -0.05) is 0 Å². The van der Waals surface area contributed by atoms with Crippen LogP contribution in [0, 0.1) is 5.82 Å². The minimum atomic E-state index is -0.931. The predicted molar refractivity (Wildman–Crippen MR) is 64.7 cm³/mol. The van der Waals surface area contributed by atoms with Crippen molar-refractivity contribution in [1.29, 1.82) is 0 Å². The maximum absolute atomic E-state index is 13.1. The van der Waals surface area contributed by atoms with Gasteiger partial charge in [0.1, 0.15) is 17.6 Å². The molecule has 1 aromatic rings. The van der Waals surface area contributed by atoms with Crippen molar-refractivity contribution in [2.75, 3.05) is 20.3 Å². The van der Waals surface area contributed by atoms with Gasteiger partial charge in [-0.25, -0.2) is 4.39 Å². The van der Waals surface area contributed by atoms with E-state index in [9.17, 15) is 9.18 Å². The number of rotatable bonds is 6. The Morgan fingerprint density at radius 2 is 2.33 bits per heavy atom. The van der Waals surface area contributed by atoms with Gasteiger partial charge < -0.3 is 20.9 Å². The zero-order valence-electron chi connectivity index (χ0n) is 10.1. The summed E-state index contributed by atoms with van der Waals surface area (Å²) in [4.78, 5) is 11.3. The lowest BCUT2D eigenvalue weighted by Gasteiger charge is -2.11. The van der Waals surface area contributed by atoms with E-state index in [2.05, 4.69) is 5.32 Å². The highest BCUT2D eigenvalue weighted by Crippen LogP contribution is 2.19. The van der Waals surface area contributed by atoms with E-state index in [1.54, 1.807) is 0 Å². The molecule has 0 aromatic heterocycles. The van der Waals surface area contributed by atoms with E-state index in [1.165, 1.54) is 25.3 Å². The molecular weight excluding hydrogens is 239 g/mol. The third kappa shape index (κ3) is 3.97. The molecule has 0 heterocycles. The lowest BCUT2D eigenvalue weighted by atomic mass is 10.1. The van der Waals surface area contributed by atoms with E-state index in [0.29, 0.717) is 24.3 Å². The number of aliphatic hydroxyl groups excluding tert-OH is 1. The SMILES string of the molecule is COc1ccc(F)cc1CCNC(=O)C(N)CO. The number of amides is 1. The van der Waals surface area contributed by atoms with Crippen molar-refractivity contribution in [2.24, 2.45) is 5.73 Å². The Kier molecular flexibility index (Phi) is 5.54. The Hall–Kier alpha value is -1.66. The van der Waals surface area contributed by atoms with Crippen molar-refractivity contribution < 1.29 is 19.0 Å². The van der Waals surface area contributed by atoms with Gasteiger partial charge in [-0.2, -0.15) is 0 Å². The number of nitrogens with one attached hydrogen (secondary N) is 1. The van der Waals surface area contributed by atoms with Crippen LogP contribution >= 0.6 is 0 Å². The van der Waals surface area contributed by atoms with Crippen LogP contribution < -0.4 is 15.8 Å². The molecule has 1 atom stereocenters. The first-order chi connectivity index (χ1) is 8.58.